The van der Waals surface area contributed by atoms with Crippen molar-refractivity contribution in [3.8, 4) is 11.6 Å². The number of hydrogen-bond acceptors (Lipinski definition) is 3. The average Bonchev–Trinajstić information content (AvgIpc) is 2.49. The number of nitrogens with zero attached hydrogens (tertiary/aromatic N) is 2. The van der Waals surface area contributed by atoms with Crippen LogP contribution < -0.4 is 4.74 Å². The lowest BCUT2D eigenvalue weighted by atomic mass is 10.0. The van der Waals surface area contributed by atoms with Gasteiger partial charge in [-0.05, 0) is 41.8 Å². The van der Waals surface area contributed by atoms with Crippen molar-refractivity contribution >= 4 is 26.8 Å². The van der Waals surface area contributed by atoms with E-state index >= 15 is 0 Å². The molecule has 106 valence electrons. The van der Waals surface area contributed by atoms with Crippen molar-refractivity contribution in [2.45, 2.75) is 19.8 Å². The zero-order valence-corrected chi connectivity index (χ0v) is 13.5. The van der Waals surface area contributed by atoms with Gasteiger partial charge in [0, 0.05) is 4.47 Å². The number of fused-ring (bicyclic) bond motifs is 1. The van der Waals surface area contributed by atoms with Gasteiger partial charge in [-0.1, -0.05) is 41.9 Å². The first-order valence-electron chi connectivity index (χ1n) is 6.82. The van der Waals surface area contributed by atoms with Crippen molar-refractivity contribution in [1.29, 1.82) is 0 Å². The first kappa shape index (κ1) is 14.0. The fourth-order valence-corrected chi connectivity index (χ4v) is 2.61. The number of rotatable bonds is 3. The Hall–Kier alpha value is -1.94. The van der Waals surface area contributed by atoms with Crippen LogP contribution >= 0.6 is 15.9 Å². The molecule has 0 atom stereocenters. The summed E-state index contributed by atoms with van der Waals surface area (Å²) in [6.45, 7) is 4.29. The Morgan fingerprint density at radius 3 is 2.67 bits per heavy atom. The third-order valence-corrected chi connectivity index (χ3v) is 3.80. The highest BCUT2D eigenvalue weighted by molar-refractivity contribution is 9.10. The van der Waals surface area contributed by atoms with Crippen molar-refractivity contribution in [1.82, 2.24) is 9.97 Å². The monoisotopic (exact) mass is 342 g/mol. The van der Waals surface area contributed by atoms with Crippen molar-refractivity contribution in [2.24, 2.45) is 0 Å². The molecule has 2 aromatic carbocycles. The van der Waals surface area contributed by atoms with Crippen LogP contribution in [0, 0.1) is 0 Å². The Morgan fingerprint density at radius 1 is 1.05 bits per heavy atom. The van der Waals surface area contributed by atoms with Crippen molar-refractivity contribution < 1.29 is 4.74 Å². The highest BCUT2D eigenvalue weighted by Crippen LogP contribution is 2.34. The SMILES string of the molecule is CC(C)c1cc(Br)ccc1Oc1ncnc2ccccc12. The van der Waals surface area contributed by atoms with E-state index in [0.717, 1.165) is 26.7 Å². The van der Waals surface area contributed by atoms with Crippen LogP contribution in [0.4, 0.5) is 0 Å². The second-order valence-corrected chi connectivity index (χ2v) is 6.05. The number of aromatic nitrogens is 2. The van der Waals surface area contributed by atoms with Gasteiger partial charge in [0.2, 0.25) is 5.88 Å². The van der Waals surface area contributed by atoms with E-state index in [1.54, 1.807) is 0 Å². The largest absolute Gasteiger partial charge is 0.438 e. The van der Waals surface area contributed by atoms with Crippen LogP contribution in [-0.2, 0) is 0 Å². The quantitative estimate of drug-likeness (QED) is 0.647. The zero-order valence-electron chi connectivity index (χ0n) is 11.9. The van der Waals surface area contributed by atoms with Crippen LogP contribution in [0.5, 0.6) is 11.6 Å². The Morgan fingerprint density at radius 2 is 1.86 bits per heavy atom. The normalized spacial score (nSPS) is 11.0. The maximum absolute atomic E-state index is 6.07. The third kappa shape index (κ3) is 2.90. The summed E-state index contributed by atoms with van der Waals surface area (Å²) in [5.74, 6) is 1.78. The van der Waals surface area contributed by atoms with Gasteiger partial charge in [0.15, 0.2) is 0 Å². The van der Waals surface area contributed by atoms with Gasteiger partial charge >= 0.3 is 0 Å². The molecule has 0 radical (unpaired) electrons. The summed E-state index contributed by atoms with van der Waals surface area (Å²) in [6, 6.07) is 13.9. The molecular weight excluding hydrogens is 328 g/mol. The lowest BCUT2D eigenvalue weighted by molar-refractivity contribution is 0.459. The number of para-hydroxylation sites is 1. The molecule has 1 heterocycles. The highest BCUT2D eigenvalue weighted by atomic mass is 79.9. The molecule has 1 aromatic heterocycles. The van der Waals surface area contributed by atoms with Crippen molar-refractivity contribution in [3.63, 3.8) is 0 Å². The molecule has 0 spiro atoms. The van der Waals surface area contributed by atoms with E-state index in [2.05, 4.69) is 45.8 Å². The lowest BCUT2D eigenvalue weighted by Gasteiger charge is -2.14. The zero-order chi connectivity index (χ0) is 14.8. The topological polar surface area (TPSA) is 35.0 Å². The van der Waals surface area contributed by atoms with Gasteiger partial charge < -0.3 is 4.74 Å². The lowest BCUT2D eigenvalue weighted by Crippen LogP contribution is -1.96. The summed E-state index contributed by atoms with van der Waals surface area (Å²) in [5, 5.41) is 0.914. The fourth-order valence-electron chi connectivity index (χ4n) is 2.23. The molecule has 0 saturated carbocycles. The van der Waals surface area contributed by atoms with Crippen LogP contribution in [0.1, 0.15) is 25.3 Å². The second kappa shape index (κ2) is 5.82. The molecule has 3 rings (SSSR count). The van der Waals surface area contributed by atoms with E-state index in [1.807, 2.05) is 36.4 Å². The second-order valence-electron chi connectivity index (χ2n) is 5.13. The van der Waals surface area contributed by atoms with Gasteiger partial charge in [-0.15, -0.1) is 0 Å². The Labute approximate surface area is 132 Å². The molecule has 3 aromatic rings. The Kier molecular flexibility index (Phi) is 3.88. The van der Waals surface area contributed by atoms with Crippen LogP contribution in [-0.4, -0.2) is 9.97 Å². The average molecular weight is 343 g/mol. The molecule has 0 unspecified atom stereocenters. The maximum atomic E-state index is 6.07. The summed E-state index contributed by atoms with van der Waals surface area (Å²) in [6.07, 6.45) is 1.53. The molecule has 0 aliphatic heterocycles. The summed E-state index contributed by atoms with van der Waals surface area (Å²) in [5.41, 5.74) is 2.03. The molecule has 0 N–H and O–H groups in total. The van der Waals surface area contributed by atoms with E-state index in [9.17, 15) is 0 Å². The maximum Gasteiger partial charge on any atom is 0.230 e. The summed E-state index contributed by atoms with van der Waals surface area (Å²) in [4.78, 5) is 8.54. The van der Waals surface area contributed by atoms with Crippen molar-refractivity contribution in [2.75, 3.05) is 0 Å². The summed E-state index contributed by atoms with van der Waals surface area (Å²) >= 11 is 3.51. The predicted octanol–water partition coefficient (Wildman–Crippen LogP) is 5.31. The summed E-state index contributed by atoms with van der Waals surface area (Å²) < 4.78 is 7.11. The number of hydrogen-bond donors (Lipinski definition) is 0. The van der Waals surface area contributed by atoms with E-state index in [-0.39, 0.29) is 0 Å². The molecule has 0 aliphatic rings. The minimum atomic E-state index is 0.366. The van der Waals surface area contributed by atoms with Gasteiger partial charge in [-0.3, -0.25) is 0 Å². The predicted molar refractivity (Wildman–Crippen MR) is 87.8 cm³/mol. The molecule has 0 bridgehead atoms. The van der Waals surface area contributed by atoms with Crippen LogP contribution in [0.15, 0.2) is 53.3 Å². The van der Waals surface area contributed by atoms with E-state index in [0.29, 0.717) is 11.8 Å². The minimum absolute atomic E-state index is 0.366. The third-order valence-electron chi connectivity index (χ3n) is 3.31. The van der Waals surface area contributed by atoms with Gasteiger partial charge in [0.1, 0.15) is 12.1 Å². The molecule has 0 aliphatic carbocycles. The smallest absolute Gasteiger partial charge is 0.230 e. The number of benzene rings is 2. The highest BCUT2D eigenvalue weighted by Gasteiger charge is 2.12. The van der Waals surface area contributed by atoms with E-state index in [4.69, 9.17) is 4.74 Å². The standard InChI is InChI=1S/C17H15BrN2O/c1-11(2)14-9-12(18)7-8-16(14)21-17-13-5-3-4-6-15(13)19-10-20-17/h3-11H,1-2H3. The molecular formula is C17H15BrN2O. The van der Waals surface area contributed by atoms with Crippen LogP contribution in [0.25, 0.3) is 10.9 Å². The van der Waals surface area contributed by atoms with Gasteiger partial charge in [-0.2, -0.15) is 0 Å². The molecule has 0 fully saturated rings. The molecule has 3 nitrogen and oxygen atoms in total. The van der Waals surface area contributed by atoms with Gasteiger partial charge in [0.25, 0.3) is 0 Å². The molecule has 0 amide bonds. The Bertz CT molecular complexity index is 781. The molecule has 21 heavy (non-hydrogen) atoms. The van der Waals surface area contributed by atoms with Crippen molar-refractivity contribution in [3.05, 3.63) is 58.8 Å². The van der Waals surface area contributed by atoms with Gasteiger partial charge in [-0.25, -0.2) is 9.97 Å². The first-order chi connectivity index (χ1) is 10.1. The van der Waals surface area contributed by atoms with Crippen LogP contribution in [0.2, 0.25) is 0 Å². The molecule has 0 saturated heterocycles. The fraction of sp³-hybridized carbons (Fsp3) is 0.176. The van der Waals surface area contributed by atoms with Gasteiger partial charge in [0.05, 0.1) is 10.9 Å². The van der Waals surface area contributed by atoms with E-state index < -0.39 is 0 Å². The minimum Gasteiger partial charge on any atom is -0.438 e. The Balaban J connectivity index is 2.07. The number of ether oxygens (including phenoxy) is 1. The summed E-state index contributed by atoms with van der Waals surface area (Å²) in [7, 11) is 0. The number of halogens is 1. The first-order valence-corrected chi connectivity index (χ1v) is 7.61. The van der Waals surface area contributed by atoms with E-state index in [1.165, 1.54) is 6.33 Å². The van der Waals surface area contributed by atoms with Crippen LogP contribution in [0.3, 0.4) is 0 Å². The molecule has 4 heteroatoms.